The second-order valence-electron chi connectivity index (χ2n) is 4.44. The summed E-state index contributed by atoms with van der Waals surface area (Å²) in [6.07, 6.45) is 3.68. The smallest absolute Gasteiger partial charge is 0.373 e. The molecule has 1 heterocycles. The Morgan fingerprint density at radius 1 is 1.25 bits per heavy atom. The van der Waals surface area contributed by atoms with Gasteiger partial charge < -0.3 is 14.5 Å². The third kappa shape index (κ3) is 3.02. The van der Waals surface area contributed by atoms with Gasteiger partial charge in [0.2, 0.25) is 5.76 Å². The van der Waals surface area contributed by atoms with Crippen molar-refractivity contribution < 1.29 is 14.3 Å². The zero-order valence-corrected chi connectivity index (χ0v) is 12.0. The first-order valence-electron chi connectivity index (χ1n) is 6.75. The Hall–Kier alpha value is -2.23. The van der Waals surface area contributed by atoms with Gasteiger partial charge in [0.15, 0.2) is 0 Å². The monoisotopic (exact) mass is 273 g/mol. The average molecular weight is 273 g/mol. The summed E-state index contributed by atoms with van der Waals surface area (Å²) in [5.74, 6) is -0.192. The van der Waals surface area contributed by atoms with Crippen LogP contribution in [0.25, 0.3) is 17.0 Å². The standard InChI is InChI=1S/C16H19NO3/c1-4-19-15(16(18)20-5-2)9-12-6-7-14-13(8-12)11(3)10-17-14/h6-10,17H,4-5H2,1-3H3/b15-9-. The quantitative estimate of drug-likeness (QED) is 0.516. The molecule has 1 aromatic carbocycles. The molecule has 20 heavy (non-hydrogen) atoms. The van der Waals surface area contributed by atoms with Crippen LogP contribution in [0.3, 0.4) is 0 Å². The van der Waals surface area contributed by atoms with Gasteiger partial charge in [0.1, 0.15) is 0 Å². The van der Waals surface area contributed by atoms with Crippen LogP contribution in [0.4, 0.5) is 0 Å². The first-order chi connectivity index (χ1) is 9.65. The molecule has 0 saturated carbocycles. The van der Waals surface area contributed by atoms with Crippen LogP contribution >= 0.6 is 0 Å². The van der Waals surface area contributed by atoms with Crippen molar-refractivity contribution in [3.05, 3.63) is 41.3 Å². The third-order valence-corrected chi connectivity index (χ3v) is 2.99. The van der Waals surface area contributed by atoms with Gasteiger partial charge in [-0.25, -0.2) is 4.79 Å². The number of esters is 1. The largest absolute Gasteiger partial charge is 0.487 e. The minimum Gasteiger partial charge on any atom is -0.487 e. The highest BCUT2D eigenvalue weighted by atomic mass is 16.6. The number of H-pyrrole nitrogens is 1. The molecule has 0 aliphatic carbocycles. The predicted octanol–water partition coefficient (Wildman–Crippen LogP) is 3.42. The minimum atomic E-state index is -0.430. The molecule has 106 valence electrons. The van der Waals surface area contributed by atoms with Crippen LogP contribution in [0, 0.1) is 6.92 Å². The molecular formula is C16H19NO3. The Morgan fingerprint density at radius 3 is 2.70 bits per heavy atom. The van der Waals surface area contributed by atoms with Crippen molar-refractivity contribution in [2.45, 2.75) is 20.8 Å². The Balaban J connectivity index is 2.36. The van der Waals surface area contributed by atoms with Gasteiger partial charge in [-0.3, -0.25) is 0 Å². The van der Waals surface area contributed by atoms with Gasteiger partial charge in [0.25, 0.3) is 0 Å². The van der Waals surface area contributed by atoms with Crippen LogP contribution in [-0.2, 0) is 14.3 Å². The number of fused-ring (bicyclic) bond motifs is 1. The summed E-state index contributed by atoms with van der Waals surface area (Å²) >= 11 is 0. The molecular weight excluding hydrogens is 254 g/mol. The third-order valence-electron chi connectivity index (χ3n) is 2.99. The van der Waals surface area contributed by atoms with E-state index in [4.69, 9.17) is 9.47 Å². The van der Waals surface area contributed by atoms with Gasteiger partial charge in [-0.1, -0.05) is 6.07 Å². The van der Waals surface area contributed by atoms with Crippen LogP contribution in [0.5, 0.6) is 0 Å². The first kappa shape index (κ1) is 14.2. The highest BCUT2D eigenvalue weighted by molar-refractivity contribution is 5.93. The zero-order valence-electron chi connectivity index (χ0n) is 12.0. The number of aromatic nitrogens is 1. The Labute approximate surface area is 118 Å². The van der Waals surface area contributed by atoms with Gasteiger partial charge in [-0.2, -0.15) is 0 Å². The molecule has 4 nitrogen and oxygen atoms in total. The van der Waals surface area contributed by atoms with E-state index in [1.165, 1.54) is 5.56 Å². The van der Waals surface area contributed by atoms with E-state index in [1.807, 2.05) is 38.2 Å². The van der Waals surface area contributed by atoms with Gasteiger partial charge in [-0.05, 0) is 50.1 Å². The molecule has 4 heteroatoms. The lowest BCUT2D eigenvalue weighted by Crippen LogP contribution is -2.10. The fraction of sp³-hybridized carbons (Fsp3) is 0.312. The van der Waals surface area contributed by atoms with Crippen LogP contribution in [0.2, 0.25) is 0 Å². The summed E-state index contributed by atoms with van der Waals surface area (Å²) < 4.78 is 10.3. The molecule has 1 N–H and O–H groups in total. The minimum absolute atomic E-state index is 0.238. The van der Waals surface area contributed by atoms with E-state index in [9.17, 15) is 4.79 Å². The van der Waals surface area contributed by atoms with Crippen molar-refractivity contribution in [2.75, 3.05) is 13.2 Å². The number of ether oxygens (including phenoxy) is 2. The highest BCUT2D eigenvalue weighted by Gasteiger charge is 2.12. The lowest BCUT2D eigenvalue weighted by molar-refractivity contribution is -0.142. The lowest BCUT2D eigenvalue weighted by Gasteiger charge is -2.07. The van der Waals surface area contributed by atoms with Crippen molar-refractivity contribution in [3.63, 3.8) is 0 Å². The number of nitrogens with one attached hydrogen (secondary N) is 1. The fourth-order valence-corrected chi connectivity index (χ4v) is 2.04. The Kier molecular flexibility index (Phi) is 4.45. The molecule has 0 unspecified atom stereocenters. The van der Waals surface area contributed by atoms with Gasteiger partial charge >= 0.3 is 5.97 Å². The van der Waals surface area contributed by atoms with Crippen molar-refractivity contribution in [2.24, 2.45) is 0 Å². The van der Waals surface area contributed by atoms with Gasteiger partial charge in [-0.15, -0.1) is 0 Å². The SMILES string of the molecule is CCOC(=O)/C(=C/c1ccc2[nH]cc(C)c2c1)OCC. The van der Waals surface area contributed by atoms with E-state index in [2.05, 4.69) is 4.98 Å². The summed E-state index contributed by atoms with van der Waals surface area (Å²) in [6, 6.07) is 5.96. The molecule has 0 saturated heterocycles. The number of hydrogen-bond donors (Lipinski definition) is 1. The number of aryl methyl sites for hydroxylation is 1. The van der Waals surface area contributed by atoms with Crippen molar-refractivity contribution >= 4 is 22.9 Å². The fourth-order valence-electron chi connectivity index (χ4n) is 2.04. The maximum atomic E-state index is 11.8. The number of hydrogen-bond acceptors (Lipinski definition) is 3. The van der Waals surface area contributed by atoms with E-state index < -0.39 is 5.97 Å². The molecule has 0 fully saturated rings. The predicted molar refractivity (Wildman–Crippen MR) is 79.3 cm³/mol. The maximum Gasteiger partial charge on any atom is 0.373 e. The topological polar surface area (TPSA) is 51.3 Å². The molecule has 0 spiro atoms. The van der Waals surface area contributed by atoms with Crippen LogP contribution in [0.1, 0.15) is 25.0 Å². The highest BCUT2D eigenvalue weighted by Crippen LogP contribution is 2.20. The second-order valence-corrected chi connectivity index (χ2v) is 4.44. The molecule has 0 amide bonds. The number of rotatable bonds is 5. The van der Waals surface area contributed by atoms with E-state index in [-0.39, 0.29) is 5.76 Å². The molecule has 0 atom stereocenters. The van der Waals surface area contributed by atoms with Crippen molar-refractivity contribution in [1.29, 1.82) is 0 Å². The molecule has 2 rings (SSSR count). The number of carbonyl (C=O) groups is 1. The summed E-state index contributed by atoms with van der Waals surface area (Å²) in [4.78, 5) is 15.0. The summed E-state index contributed by atoms with van der Waals surface area (Å²) in [5, 5.41) is 1.14. The van der Waals surface area contributed by atoms with Crippen LogP contribution in [-0.4, -0.2) is 24.2 Å². The van der Waals surface area contributed by atoms with E-state index in [0.29, 0.717) is 13.2 Å². The number of aromatic amines is 1. The maximum absolute atomic E-state index is 11.8. The zero-order chi connectivity index (χ0) is 14.5. The first-order valence-corrected chi connectivity index (χ1v) is 6.75. The Bertz CT molecular complexity index is 640. The number of benzene rings is 1. The normalized spacial score (nSPS) is 11.7. The van der Waals surface area contributed by atoms with Crippen LogP contribution < -0.4 is 0 Å². The lowest BCUT2D eigenvalue weighted by atomic mass is 10.1. The molecule has 0 radical (unpaired) electrons. The number of carbonyl (C=O) groups excluding carboxylic acids is 1. The molecule has 0 aliphatic rings. The van der Waals surface area contributed by atoms with Gasteiger partial charge in [0.05, 0.1) is 13.2 Å². The van der Waals surface area contributed by atoms with E-state index >= 15 is 0 Å². The molecule has 1 aromatic heterocycles. The summed E-state index contributed by atoms with van der Waals surface area (Å²) in [6.45, 7) is 6.42. The summed E-state index contributed by atoms with van der Waals surface area (Å²) in [5.41, 5.74) is 3.16. The summed E-state index contributed by atoms with van der Waals surface area (Å²) in [7, 11) is 0. The Morgan fingerprint density at radius 2 is 2.00 bits per heavy atom. The molecule has 0 aliphatic heterocycles. The average Bonchev–Trinajstić information content (AvgIpc) is 2.80. The van der Waals surface area contributed by atoms with Crippen molar-refractivity contribution in [3.8, 4) is 0 Å². The van der Waals surface area contributed by atoms with E-state index in [1.54, 1.807) is 13.0 Å². The van der Waals surface area contributed by atoms with Crippen LogP contribution in [0.15, 0.2) is 30.2 Å². The van der Waals surface area contributed by atoms with Gasteiger partial charge in [0, 0.05) is 17.1 Å². The van der Waals surface area contributed by atoms with E-state index in [0.717, 1.165) is 16.5 Å². The molecule has 2 aromatic rings. The molecule has 0 bridgehead atoms. The second kappa shape index (κ2) is 6.28. The van der Waals surface area contributed by atoms with Crippen molar-refractivity contribution in [1.82, 2.24) is 4.98 Å².